The first-order chi connectivity index (χ1) is 18.9. The highest BCUT2D eigenvalue weighted by atomic mass is 35.5. The molecule has 206 valence electrons. The largest absolute Gasteiger partial charge is 0.439 e. The van der Waals surface area contributed by atoms with Crippen molar-refractivity contribution in [2.75, 3.05) is 32.3 Å². The average Bonchev–Trinajstić information content (AvgIpc) is 3.68. The topological polar surface area (TPSA) is 124 Å². The summed E-state index contributed by atoms with van der Waals surface area (Å²) in [6, 6.07) is 3.67. The molecule has 2 fully saturated rings. The molecule has 2 aliphatic rings. The molecule has 0 spiro atoms. The van der Waals surface area contributed by atoms with Gasteiger partial charge in [0.05, 0.1) is 41.0 Å². The van der Waals surface area contributed by atoms with Gasteiger partial charge in [-0.3, -0.25) is 14.5 Å². The number of H-pyrrole nitrogens is 1. The van der Waals surface area contributed by atoms with Gasteiger partial charge >= 0.3 is 5.76 Å². The Labute approximate surface area is 230 Å². The zero-order chi connectivity index (χ0) is 27.1. The zero-order valence-corrected chi connectivity index (χ0v) is 23.0. The van der Waals surface area contributed by atoms with Crippen molar-refractivity contribution in [2.45, 2.75) is 51.3 Å². The van der Waals surface area contributed by atoms with E-state index in [9.17, 15) is 4.79 Å². The molecule has 0 aromatic carbocycles. The van der Waals surface area contributed by atoms with E-state index < -0.39 is 5.76 Å². The second kappa shape index (κ2) is 10.7. The van der Waals surface area contributed by atoms with Crippen LogP contribution in [0.1, 0.15) is 32.6 Å². The number of ether oxygens (including phenoxy) is 2. The molecule has 4 aromatic heterocycles. The van der Waals surface area contributed by atoms with E-state index in [0.717, 1.165) is 47.8 Å². The standard InChI is InChI=1S/C27H32ClN7O4/c1-15-4-6-16(7-5-15)12-35-24-19(31-26(35)34(2)21-13-38-14-22(21)37-3)9-20(25-32-27(36)39-33-25)30-23(24)17-8-18(28)11-29-10-17/h8-11,15-16,21-22H,4-7,12-14H2,1-3H3,(H,32,33,36)/t15-,16-,21-,22-/m0/s1. The van der Waals surface area contributed by atoms with Crippen LogP contribution < -0.4 is 10.7 Å². The van der Waals surface area contributed by atoms with Crippen LogP contribution in [-0.2, 0) is 16.0 Å². The maximum atomic E-state index is 11.7. The van der Waals surface area contributed by atoms with E-state index in [4.69, 9.17) is 35.6 Å². The molecule has 6 rings (SSSR count). The van der Waals surface area contributed by atoms with Crippen LogP contribution in [0.25, 0.3) is 33.8 Å². The maximum absolute atomic E-state index is 11.7. The first-order valence-electron chi connectivity index (χ1n) is 13.3. The smallest absolute Gasteiger partial charge is 0.377 e. The Morgan fingerprint density at radius 2 is 2.00 bits per heavy atom. The summed E-state index contributed by atoms with van der Waals surface area (Å²) >= 11 is 6.37. The van der Waals surface area contributed by atoms with Crippen LogP contribution in [0.5, 0.6) is 0 Å². The molecule has 1 aliphatic heterocycles. The highest BCUT2D eigenvalue weighted by molar-refractivity contribution is 6.30. The average molecular weight is 554 g/mol. The fraction of sp³-hybridized carbons (Fsp3) is 0.519. The summed E-state index contributed by atoms with van der Waals surface area (Å²) in [5.74, 6) is 1.66. The number of pyridine rings is 2. The van der Waals surface area contributed by atoms with Gasteiger partial charge in [-0.05, 0) is 36.8 Å². The Morgan fingerprint density at radius 3 is 2.72 bits per heavy atom. The molecule has 12 heteroatoms. The Balaban J connectivity index is 1.56. The van der Waals surface area contributed by atoms with Crippen LogP contribution >= 0.6 is 11.6 Å². The third-order valence-corrected chi connectivity index (χ3v) is 8.26. The molecule has 0 unspecified atom stereocenters. The summed E-state index contributed by atoms with van der Waals surface area (Å²) in [6.45, 7) is 4.22. The molecule has 0 radical (unpaired) electrons. The summed E-state index contributed by atoms with van der Waals surface area (Å²) in [5.41, 5.74) is 3.43. The lowest BCUT2D eigenvalue weighted by atomic mass is 9.83. The summed E-state index contributed by atoms with van der Waals surface area (Å²) < 4.78 is 18.6. The van der Waals surface area contributed by atoms with Crippen LogP contribution in [0.15, 0.2) is 33.8 Å². The molecule has 0 bridgehead atoms. The number of likely N-dealkylation sites (N-methyl/N-ethyl adjacent to an activating group) is 1. The lowest BCUT2D eigenvalue weighted by molar-refractivity contribution is 0.0770. The number of aromatic nitrogens is 6. The van der Waals surface area contributed by atoms with Crippen molar-refractivity contribution in [1.82, 2.24) is 29.7 Å². The number of nitrogens with one attached hydrogen (secondary N) is 1. The Kier molecular flexibility index (Phi) is 7.13. The van der Waals surface area contributed by atoms with E-state index in [1.54, 1.807) is 19.5 Å². The van der Waals surface area contributed by atoms with Crippen molar-refractivity contribution in [1.29, 1.82) is 0 Å². The number of aromatic amines is 1. The number of nitrogens with zero attached hydrogens (tertiary/aromatic N) is 6. The van der Waals surface area contributed by atoms with Gasteiger partial charge in [0.25, 0.3) is 0 Å². The Bertz CT molecular complexity index is 1520. The van der Waals surface area contributed by atoms with Gasteiger partial charge in [0.1, 0.15) is 11.8 Å². The number of rotatable bonds is 7. The van der Waals surface area contributed by atoms with Crippen LogP contribution in [0.4, 0.5) is 5.95 Å². The number of hydrogen-bond donors (Lipinski definition) is 1. The molecule has 39 heavy (non-hydrogen) atoms. The van der Waals surface area contributed by atoms with E-state index in [-0.39, 0.29) is 18.0 Å². The van der Waals surface area contributed by atoms with Gasteiger partial charge in [-0.15, -0.1) is 0 Å². The number of imidazole rings is 1. The van der Waals surface area contributed by atoms with Crippen LogP contribution in [0.3, 0.4) is 0 Å². The number of hydrogen-bond acceptors (Lipinski definition) is 9. The van der Waals surface area contributed by atoms with Gasteiger partial charge < -0.3 is 18.9 Å². The highest BCUT2D eigenvalue weighted by Gasteiger charge is 2.35. The Morgan fingerprint density at radius 1 is 1.18 bits per heavy atom. The molecule has 1 saturated carbocycles. The third-order valence-electron chi connectivity index (χ3n) is 8.06. The second-order valence-corrected chi connectivity index (χ2v) is 11.1. The van der Waals surface area contributed by atoms with Gasteiger partial charge in [0.15, 0.2) is 0 Å². The number of methoxy groups -OCH3 is 1. The number of halogens is 1. The van der Waals surface area contributed by atoms with E-state index >= 15 is 0 Å². The van der Waals surface area contributed by atoms with Crippen molar-refractivity contribution in [3.8, 4) is 22.8 Å². The fourth-order valence-electron chi connectivity index (χ4n) is 5.82. The van der Waals surface area contributed by atoms with E-state index in [1.165, 1.54) is 12.8 Å². The van der Waals surface area contributed by atoms with Crippen LogP contribution in [-0.4, -0.2) is 69.2 Å². The normalized spacial score (nSPS) is 23.5. The van der Waals surface area contributed by atoms with Crippen molar-refractivity contribution < 1.29 is 14.0 Å². The van der Waals surface area contributed by atoms with Gasteiger partial charge in [0, 0.05) is 38.7 Å². The third kappa shape index (κ3) is 5.06. The van der Waals surface area contributed by atoms with E-state index in [2.05, 4.69) is 31.5 Å². The quantitative estimate of drug-likeness (QED) is 0.359. The van der Waals surface area contributed by atoms with E-state index in [0.29, 0.717) is 35.5 Å². The first-order valence-corrected chi connectivity index (χ1v) is 13.7. The molecular formula is C27H32ClN7O4. The number of fused-ring (bicyclic) bond motifs is 1. The van der Waals surface area contributed by atoms with Gasteiger partial charge in [0.2, 0.25) is 11.8 Å². The molecular weight excluding hydrogens is 522 g/mol. The van der Waals surface area contributed by atoms with Gasteiger partial charge in [-0.1, -0.05) is 36.5 Å². The lowest BCUT2D eigenvalue weighted by Gasteiger charge is -2.31. The number of anilines is 1. The van der Waals surface area contributed by atoms with Crippen LogP contribution in [0.2, 0.25) is 5.02 Å². The summed E-state index contributed by atoms with van der Waals surface area (Å²) in [7, 11) is 3.75. The van der Waals surface area contributed by atoms with Crippen molar-refractivity contribution in [2.24, 2.45) is 11.8 Å². The summed E-state index contributed by atoms with van der Waals surface area (Å²) in [4.78, 5) is 30.9. The van der Waals surface area contributed by atoms with Crippen molar-refractivity contribution in [3.05, 3.63) is 40.1 Å². The molecule has 1 saturated heterocycles. The lowest BCUT2D eigenvalue weighted by Crippen LogP contribution is -2.43. The first kappa shape index (κ1) is 26.0. The minimum absolute atomic E-state index is 0.00699. The van der Waals surface area contributed by atoms with Gasteiger partial charge in [-0.25, -0.2) is 14.8 Å². The molecule has 5 heterocycles. The SMILES string of the molecule is CO[C@H]1COC[C@@H]1N(C)c1nc2cc(-c3noc(=O)[nH]3)nc(-c3cncc(Cl)c3)c2n1C[C@H]1CC[C@H](C)CC1. The molecule has 11 nitrogen and oxygen atoms in total. The summed E-state index contributed by atoms with van der Waals surface area (Å²) in [6.07, 6.45) is 8.02. The minimum Gasteiger partial charge on any atom is -0.377 e. The molecule has 0 amide bonds. The minimum atomic E-state index is -0.651. The molecule has 1 aliphatic carbocycles. The fourth-order valence-corrected chi connectivity index (χ4v) is 5.99. The monoisotopic (exact) mass is 553 g/mol. The predicted octanol–water partition coefficient (Wildman–Crippen LogP) is 4.17. The second-order valence-electron chi connectivity index (χ2n) is 10.7. The van der Waals surface area contributed by atoms with Gasteiger partial charge in [-0.2, -0.15) is 0 Å². The van der Waals surface area contributed by atoms with E-state index in [1.807, 2.05) is 19.2 Å². The summed E-state index contributed by atoms with van der Waals surface area (Å²) in [5, 5.41) is 4.37. The molecule has 2 atom stereocenters. The highest BCUT2D eigenvalue weighted by Crippen LogP contribution is 2.37. The molecule has 1 N–H and O–H groups in total. The molecule has 4 aromatic rings. The zero-order valence-electron chi connectivity index (χ0n) is 22.3. The van der Waals surface area contributed by atoms with Crippen molar-refractivity contribution >= 4 is 28.6 Å². The Hall–Kier alpha value is -3.28. The predicted molar refractivity (Wildman–Crippen MR) is 147 cm³/mol. The van der Waals surface area contributed by atoms with Crippen molar-refractivity contribution in [3.63, 3.8) is 0 Å². The maximum Gasteiger partial charge on any atom is 0.439 e. The van der Waals surface area contributed by atoms with Crippen LogP contribution in [0, 0.1) is 11.8 Å².